The predicted molar refractivity (Wildman–Crippen MR) is 77.4 cm³/mol. The highest BCUT2D eigenvalue weighted by molar-refractivity contribution is 5.86. The van der Waals surface area contributed by atoms with Gasteiger partial charge in [0.05, 0.1) is 6.54 Å². The molecule has 120 valence electrons. The van der Waals surface area contributed by atoms with Gasteiger partial charge in [-0.2, -0.15) is 0 Å². The lowest BCUT2D eigenvalue weighted by Gasteiger charge is -2.11. The second kappa shape index (κ2) is 8.76. The lowest BCUT2D eigenvalue weighted by atomic mass is 10.1. The van der Waals surface area contributed by atoms with Crippen molar-refractivity contribution >= 4 is 17.8 Å². The van der Waals surface area contributed by atoms with Gasteiger partial charge in [0.15, 0.2) is 6.61 Å². The summed E-state index contributed by atoms with van der Waals surface area (Å²) in [4.78, 5) is 35.4. The Morgan fingerprint density at radius 1 is 1.23 bits per heavy atom. The van der Waals surface area contributed by atoms with Crippen LogP contribution in [0.25, 0.3) is 0 Å². The molecule has 0 aliphatic carbocycles. The molecule has 0 aliphatic rings. The van der Waals surface area contributed by atoms with Gasteiger partial charge in [0.25, 0.3) is 5.91 Å². The average molecular weight is 310 g/mol. The first-order valence-corrected chi connectivity index (χ1v) is 6.76. The van der Waals surface area contributed by atoms with E-state index in [-0.39, 0.29) is 31.1 Å². The highest BCUT2D eigenvalue weighted by Crippen LogP contribution is 2.09. The second-order valence-corrected chi connectivity index (χ2v) is 4.82. The van der Waals surface area contributed by atoms with E-state index in [4.69, 9.17) is 4.74 Å². The summed E-state index contributed by atoms with van der Waals surface area (Å²) in [6.45, 7) is -0.616. The third kappa shape index (κ3) is 6.34. The highest BCUT2D eigenvalue weighted by Gasteiger charge is 2.11. The fourth-order valence-corrected chi connectivity index (χ4v) is 1.54. The summed E-state index contributed by atoms with van der Waals surface area (Å²) in [6.07, 6.45) is 0.178. The van der Waals surface area contributed by atoms with Crippen LogP contribution in [-0.2, 0) is 25.5 Å². The molecule has 0 radical (unpaired) electrons. The van der Waals surface area contributed by atoms with Gasteiger partial charge >= 0.3 is 5.97 Å². The van der Waals surface area contributed by atoms with Crippen molar-refractivity contribution in [1.82, 2.24) is 10.2 Å². The zero-order valence-electron chi connectivity index (χ0n) is 12.6. The van der Waals surface area contributed by atoms with Crippen molar-refractivity contribution in [3.8, 4) is 0 Å². The topological polar surface area (TPSA) is 75.7 Å². The Labute approximate surface area is 128 Å². The molecular formula is C15H19FN2O4. The van der Waals surface area contributed by atoms with Crippen LogP contribution in [0.4, 0.5) is 4.39 Å². The van der Waals surface area contributed by atoms with Gasteiger partial charge in [-0.3, -0.25) is 14.4 Å². The van der Waals surface area contributed by atoms with Crippen LogP contribution >= 0.6 is 0 Å². The molecule has 2 amide bonds. The maximum Gasteiger partial charge on any atom is 0.306 e. The molecule has 1 N–H and O–H groups in total. The molecule has 0 fully saturated rings. The molecule has 0 heterocycles. The number of carbonyl (C=O) groups is 3. The molecule has 7 heteroatoms. The molecule has 1 aromatic rings. The Morgan fingerprint density at radius 2 is 1.91 bits per heavy atom. The maximum atomic E-state index is 13.3. The molecule has 0 spiro atoms. The number of halogens is 1. The number of nitrogens with one attached hydrogen (secondary N) is 1. The van der Waals surface area contributed by atoms with Crippen molar-refractivity contribution in [2.45, 2.75) is 12.8 Å². The number of carbonyl (C=O) groups excluding carboxylic acids is 3. The van der Waals surface area contributed by atoms with Gasteiger partial charge in [0.1, 0.15) is 5.82 Å². The van der Waals surface area contributed by atoms with Crippen LogP contribution in [0.15, 0.2) is 24.3 Å². The molecule has 0 saturated heterocycles. The van der Waals surface area contributed by atoms with Crippen LogP contribution in [0.2, 0.25) is 0 Å². The van der Waals surface area contributed by atoms with Gasteiger partial charge in [-0.1, -0.05) is 18.2 Å². The fourth-order valence-electron chi connectivity index (χ4n) is 1.54. The number of aryl methyl sites for hydroxylation is 1. The molecule has 0 aliphatic heterocycles. The molecule has 0 bridgehead atoms. The number of esters is 1. The molecule has 0 aromatic heterocycles. The van der Waals surface area contributed by atoms with E-state index in [1.807, 2.05) is 0 Å². The zero-order chi connectivity index (χ0) is 16.5. The summed E-state index contributed by atoms with van der Waals surface area (Å²) in [6, 6.07) is 6.15. The Hall–Kier alpha value is -2.44. The summed E-state index contributed by atoms with van der Waals surface area (Å²) in [5.41, 5.74) is 0.417. The number of hydrogen-bond acceptors (Lipinski definition) is 4. The predicted octanol–water partition coefficient (Wildman–Crippen LogP) is 0.506. The molecule has 1 rings (SSSR count). The first kappa shape index (κ1) is 17.6. The first-order valence-electron chi connectivity index (χ1n) is 6.76. The van der Waals surface area contributed by atoms with Crippen molar-refractivity contribution in [1.29, 1.82) is 0 Å². The Kier molecular flexibility index (Phi) is 7.01. The number of ether oxygens (including phenoxy) is 1. The van der Waals surface area contributed by atoms with Crippen LogP contribution < -0.4 is 5.32 Å². The number of rotatable bonds is 7. The third-order valence-corrected chi connectivity index (χ3v) is 2.86. The minimum atomic E-state index is -0.600. The van der Waals surface area contributed by atoms with Crippen LogP contribution in [0.1, 0.15) is 12.0 Å². The summed E-state index contributed by atoms with van der Waals surface area (Å²) < 4.78 is 18.1. The van der Waals surface area contributed by atoms with Gasteiger partial charge in [0, 0.05) is 20.5 Å². The van der Waals surface area contributed by atoms with E-state index >= 15 is 0 Å². The molecule has 1 aromatic carbocycles. The molecule has 0 atom stereocenters. The van der Waals surface area contributed by atoms with E-state index in [9.17, 15) is 18.8 Å². The monoisotopic (exact) mass is 310 g/mol. The van der Waals surface area contributed by atoms with Crippen molar-refractivity contribution in [2.75, 3.05) is 27.2 Å². The zero-order valence-corrected chi connectivity index (χ0v) is 12.6. The smallest absolute Gasteiger partial charge is 0.306 e. The summed E-state index contributed by atoms with van der Waals surface area (Å²) >= 11 is 0. The van der Waals surface area contributed by atoms with Crippen LogP contribution in [0, 0.1) is 5.82 Å². The minimum absolute atomic E-state index is 0.0230. The first-order chi connectivity index (χ1) is 10.4. The lowest BCUT2D eigenvalue weighted by Crippen LogP contribution is -2.38. The number of benzene rings is 1. The molecule has 0 saturated carbocycles. The lowest BCUT2D eigenvalue weighted by molar-refractivity contribution is -0.148. The van der Waals surface area contributed by atoms with E-state index < -0.39 is 18.5 Å². The van der Waals surface area contributed by atoms with E-state index in [1.165, 1.54) is 11.0 Å². The van der Waals surface area contributed by atoms with Crippen molar-refractivity contribution in [3.05, 3.63) is 35.6 Å². The number of nitrogens with zero attached hydrogens (tertiary/aromatic N) is 1. The summed E-state index contributed by atoms with van der Waals surface area (Å²) in [5.74, 6) is -1.80. The van der Waals surface area contributed by atoms with E-state index in [0.717, 1.165) is 0 Å². The van der Waals surface area contributed by atoms with Gasteiger partial charge < -0.3 is 15.0 Å². The van der Waals surface area contributed by atoms with E-state index in [2.05, 4.69) is 5.32 Å². The van der Waals surface area contributed by atoms with Gasteiger partial charge in [-0.05, 0) is 18.1 Å². The Morgan fingerprint density at radius 3 is 2.55 bits per heavy atom. The normalized spacial score (nSPS) is 9.95. The van der Waals surface area contributed by atoms with Crippen molar-refractivity contribution in [3.63, 3.8) is 0 Å². The Bertz CT molecular complexity index is 546. The SMILES string of the molecule is CN(C)C(=O)CNC(=O)COC(=O)CCc1ccccc1F. The quantitative estimate of drug-likeness (QED) is 0.744. The Balaban J connectivity index is 2.24. The maximum absolute atomic E-state index is 13.3. The molecule has 6 nitrogen and oxygen atoms in total. The van der Waals surface area contributed by atoms with Gasteiger partial charge in [0.2, 0.25) is 5.91 Å². The average Bonchev–Trinajstić information content (AvgIpc) is 2.49. The number of likely N-dealkylation sites (N-methyl/N-ethyl adjacent to an activating group) is 1. The van der Waals surface area contributed by atoms with Crippen molar-refractivity contribution < 1.29 is 23.5 Å². The fraction of sp³-hybridized carbons (Fsp3) is 0.400. The van der Waals surface area contributed by atoms with Crippen LogP contribution in [0.3, 0.4) is 0 Å². The van der Waals surface area contributed by atoms with Crippen molar-refractivity contribution in [2.24, 2.45) is 0 Å². The standard InChI is InChI=1S/C15H19FN2O4/c1-18(2)14(20)9-17-13(19)10-22-15(21)8-7-11-5-3-4-6-12(11)16/h3-6H,7-10H2,1-2H3,(H,17,19). The molecule has 0 unspecified atom stereocenters. The third-order valence-electron chi connectivity index (χ3n) is 2.86. The largest absolute Gasteiger partial charge is 0.456 e. The molecule has 22 heavy (non-hydrogen) atoms. The van der Waals surface area contributed by atoms with Gasteiger partial charge in [-0.25, -0.2) is 4.39 Å². The van der Waals surface area contributed by atoms with Gasteiger partial charge in [-0.15, -0.1) is 0 Å². The number of hydrogen-bond donors (Lipinski definition) is 1. The van der Waals surface area contributed by atoms with E-state index in [1.54, 1.807) is 32.3 Å². The highest BCUT2D eigenvalue weighted by atomic mass is 19.1. The second-order valence-electron chi connectivity index (χ2n) is 4.82. The molecular weight excluding hydrogens is 291 g/mol. The van der Waals surface area contributed by atoms with Crippen LogP contribution in [0.5, 0.6) is 0 Å². The summed E-state index contributed by atoms with van der Waals surface area (Å²) in [5, 5.41) is 2.33. The van der Waals surface area contributed by atoms with E-state index in [0.29, 0.717) is 5.56 Å². The summed E-state index contributed by atoms with van der Waals surface area (Å²) in [7, 11) is 3.13. The number of amides is 2. The van der Waals surface area contributed by atoms with Crippen LogP contribution in [-0.4, -0.2) is 49.9 Å². The minimum Gasteiger partial charge on any atom is -0.456 e.